The van der Waals surface area contributed by atoms with E-state index in [0.717, 1.165) is 16.7 Å². The van der Waals surface area contributed by atoms with Crippen LogP contribution in [0, 0.1) is 5.82 Å². The van der Waals surface area contributed by atoms with Gasteiger partial charge < -0.3 is 10.5 Å². The van der Waals surface area contributed by atoms with E-state index in [2.05, 4.69) is 4.74 Å². The second-order valence-corrected chi connectivity index (χ2v) is 4.54. The van der Waals surface area contributed by atoms with Crippen LogP contribution in [0.3, 0.4) is 0 Å². The smallest absolute Gasteiger partial charge is 0.322 e. The molecule has 5 heteroatoms. The van der Waals surface area contributed by atoms with Crippen LogP contribution in [0.5, 0.6) is 0 Å². The van der Waals surface area contributed by atoms with E-state index in [-0.39, 0.29) is 18.2 Å². The summed E-state index contributed by atoms with van der Waals surface area (Å²) in [6.07, 6.45) is 0.427. The zero-order chi connectivity index (χ0) is 14.5. The zero-order valence-corrected chi connectivity index (χ0v) is 12.4. The second kappa shape index (κ2) is 7.76. The molecule has 0 saturated heterocycles. The van der Waals surface area contributed by atoms with Gasteiger partial charge in [-0.2, -0.15) is 0 Å². The predicted octanol–water partition coefficient (Wildman–Crippen LogP) is 2.96. The first-order chi connectivity index (χ1) is 9.60. The number of methoxy groups -OCH3 is 1. The Bertz CT molecular complexity index is 584. The van der Waals surface area contributed by atoms with E-state index in [9.17, 15) is 9.18 Å². The number of carbonyl (C=O) groups excluding carboxylic acids is 1. The van der Waals surface area contributed by atoms with Gasteiger partial charge in [0.2, 0.25) is 0 Å². The van der Waals surface area contributed by atoms with Gasteiger partial charge in [0, 0.05) is 0 Å². The van der Waals surface area contributed by atoms with Gasteiger partial charge in [0.15, 0.2) is 0 Å². The van der Waals surface area contributed by atoms with Crippen LogP contribution in [0.25, 0.3) is 11.1 Å². The van der Waals surface area contributed by atoms with Crippen molar-refractivity contribution in [3.8, 4) is 11.1 Å². The number of benzene rings is 2. The average Bonchev–Trinajstić information content (AvgIpc) is 2.48. The summed E-state index contributed by atoms with van der Waals surface area (Å²) in [6, 6.07) is 13.3. The molecule has 0 radical (unpaired) electrons. The SMILES string of the molecule is COC(=O)C(N)Cc1ccc(-c2ccc(F)cc2)cc1.Cl. The first-order valence-electron chi connectivity index (χ1n) is 6.28. The quantitative estimate of drug-likeness (QED) is 0.883. The number of hydrogen-bond acceptors (Lipinski definition) is 3. The van der Waals surface area contributed by atoms with Crippen molar-refractivity contribution in [2.75, 3.05) is 7.11 Å². The fourth-order valence-electron chi connectivity index (χ4n) is 1.96. The lowest BCUT2D eigenvalue weighted by Gasteiger charge is -2.09. The Morgan fingerprint density at radius 1 is 1.10 bits per heavy atom. The average molecular weight is 310 g/mol. The molecule has 0 heterocycles. The Hall–Kier alpha value is -1.91. The van der Waals surface area contributed by atoms with Crippen LogP contribution in [0.4, 0.5) is 4.39 Å². The summed E-state index contributed by atoms with van der Waals surface area (Å²) < 4.78 is 17.5. The van der Waals surface area contributed by atoms with Crippen LogP contribution in [0.15, 0.2) is 48.5 Å². The predicted molar refractivity (Wildman–Crippen MR) is 82.8 cm³/mol. The summed E-state index contributed by atoms with van der Waals surface area (Å²) in [7, 11) is 1.32. The van der Waals surface area contributed by atoms with Gasteiger partial charge in [0.25, 0.3) is 0 Å². The van der Waals surface area contributed by atoms with Crippen LogP contribution in [0.2, 0.25) is 0 Å². The maximum Gasteiger partial charge on any atom is 0.322 e. The van der Waals surface area contributed by atoms with Gasteiger partial charge in [-0.15, -0.1) is 12.4 Å². The van der Waals surface area contributed by atoms with Crippen molar-refractivity contribution >= 4 is 18.4 Å². The zero-order valence-electron chi connectivity index (χ0n) is 11.6. The third kappa shape index (κ3) is 4.55. The monoisotopic (exact) mass is 309 g/mol. The number of ether oxygens (including phenoxy) is 1. The third-order valence-corrected chi connectivity index (χ3v) is 3.09. The highest BCUT2D eigenvalue weighted by Crippen LogP contribution is 2.20. The molecule has 0 aliphatic rings. The van der Waals surface area contributed by atoms with E-state index in [1.54, 1.807) is 12.1 Å². The molecule has 1 unspecified atom stereocenters. The number of esters is 1. The Balaban J connectivity index is 0.00000220. The lowest BCUT2D eigenvalue weighted by atomic mass is 10.0. The highest BCUT2D eigenvalue weighted by molar-refractivity contribution is 5.85. The first-order valence-corrected chi connectivity index (χ1v) is 6.28. The number of halogens is 2. The van der Waals surface area contributed by atoms with Crippen LogP contribution >= 0.6 is 12.4 Å². The summed E-state index contributed by atoms with van der Waals surface area (Å²) >= 11 is 0. The normalized spacial score (nSPS) is 11.4. The van der Waals surface area contributed by atoms with Crippen molar-refractivity contribution in [1.29, 1.82) is 0 Å². The molecule has 3 nitrogen and oxygen atoms in total. The molecule has 112 valence electrons. The number of hydrogen-bond donors (Lipinski definition) is 1. The van der Waals surface area contributed by atoms with Crippen molar-refractivity contribution in [2.45, 2.75) is 12.5 Å². The number of carbonyl (C=O) groups is 1. The summed E-state index contributed by atoms with van der Waals surface area (Å²) in [5, 5.41) is 0. The van der Waals surface area contributed by atoms with Crippen LogP contribution < -0.4 is 5.73 Å². The molecule has 1 atom stereocenters. The minimum absolute atomic E-state index is 0. The minimum atomic E-state index is -0.656. The lowest BCUT2D eigenvalue weighted by molar-refractivity contribution is -0.142. The van der Waals surface area contributed by atoms with E-state index in [1.807, 2.05) is 24.3 Å². The highest BCUT2D eigenvalue weighted by atomic mass is 35.5. The maximum absolute atomic E-state index is 12.9. The van der Waals surface area contributed by atoms with Crippen molar-refractivity contribution in [1.82, 2.24) is 0 Å². The van der Waals surface area contributed by atoms with Gasteiger partial charge >= 0.3 is 5.97 Å². The second-order valence-electron chi connectivity index (χ2n) is 4.54. The number of nitrogens with two attached hydrogens (primary N) is 1. The number of rotatable bonds is 4. The Labute approximate surface area is 129 Å². The van der Waals surface area contributed by atoms with Crippen LogP contribution in [-0.4, -0.2) is 19.1 Å². The third-order valence-electron chi connectivity index (χ3n) is 3.09. The summed E-state index contributed by atoms with van der Waals surface area (Å²) in [4.78, 5) is 11.3. The molecule has 2 N–H and O–H groups in total. The van der Waals surface area contributed by atoms with E-state index >= 15 is 0 Å². The summed E-state index contributed by atoms with van der Waals surface area (Å²) in [5.41, 5.74) is 8.59. The highest BCUT2D eigenvalue weighted by Gasteiger charge is 2.13. The first kappa shape index (κ1) is 17.1. The molecule has 0 aliphatic heterocycles. The van der Waals surface area contributed by atoms with Gasteiger partial charge in [-0.25, -0.2) is 4.39 Å². The molecule has 0 saturated carbocycles. The molecule has 0 aliphatic carbocycles. The Morgan fingerprint density at radius 3 is 2.05 bits per heavy atom. The fourth-order valence-corrected chi connectivity index (χ4v) is 1.96. The Morgan fingerprint density at radius 2 is 1.57 bits per heavy atom. The molecule has 0 amide bonds. The molecule has 0 fully saturated rings. The molecular weight excluding hydrogens is 293 g/mol. The lowest BCUT2D eigenvalue weighted by Crippen LogP contribution is -2.33. The molecule has 2 aromatic rings. The van der Waals surface area contributed by atoms with Gasteiger partial charge in [-0.3, -0.25) is 4.79 Å². The minimum Gasteiger partial charge on any atom is -0.468 e. The van der Waals surface area contributed by atoms with E-state index in [1.165, 1.54) is 19.2 Å². The molecule has 0 bridgehead atoms. The van der Waals surface area contributed by atoms with Crippen LogP contribution in [-0.2, 0) is 16.0 Å². The molecule has 2 aromatic carbocycles. The van der Waals surface area contributed by atoms with Gasteiger partial charge in [0.1, 0.15) is 11.9 Å². The van der Waals surface area contributed by atoms with Crippen molar-refractivity contribution in [3.05, 3.63) is 59.9 Å². The van der Waals surface area contributed by atoms with E-state index in [0.29, 0.717) is 6.42 Å². The van der Waals surface area contributed by atoms with Gasteiger partial charge in [0.05, 0.1) is 7.11 Å². The Kier molecular flexibility index (Phi) is 6.34. The van der Waals surface area contributed by atoms with Crippen molar-refractivity contribution in [3.63, 3.8) is 0 Å². The van der Waals surface area contributed by atoms with Crippen LogP contribution in [0.1, 0.15) is 5.56 Å². The fraction of sp³-hybridized carbons (Fsp3) is 0.188. The van der Waals surface area contributed by atoms with E-state index in [4.69, 9.17) is 5.73 Å². The summed E-state index contributed by atoms with van der Waals surface area (Å²) in [6.45, 7) is 0. The van der Waals surface area contributed by atoms with Crippen molar-refractivity contribution in [2.24, 2.45) is 5.73 Å². The van der Waals surface area contributed by atoms with E-state index < -0.39 is 12.0 Å². The van der Waals surface area contributed by atoms with Gasteiger partial charge in [-0.1, -0.05) is 36.4 Å². The molecule has 0 spiro atoms. The molecule has 2 rings (SSSR count). The summed E-state index contributed by atoms with van der Waals surface area (Å²) in [5.74, 6) is -0.679. The maximum atomic E-state index is 12.9. The topological polar surface area (TPSA) is 52.3 Å². The van der Waals surface area contributed by atoms with Gasteiger partial charge in [-0.05, 0) is 35.2 Å². The standard InChI is InChI=1S/C16H16FNO2.ClH/c1-20-16(19)15(18)10-11-2-4-12(5-3-11)13-6-8-14(17)9-7-13;/h2-9,15H,10,18H2,1H3;1H. The molecule has 0 aromatic heterocycles. The molecular formula is C16H17ClFNO2. The van der Waals surface area contributed by atoms with Crippen molar-refractivity contribution < 1.29 is 13.9 Å². The largest absolute Gasteiger partial charge is 0.468 e. The molecule has 21 heavy (non-hydrogen) atoms.